The van der Waals surface area contributed by atoms with Crippen molar-refractivity contribution in [3.8, 4) is 0 Å². The van der Waals surface area contributed by atoms with E-state index in [-0.39, 0.29) is 5.91 Å². The zero-order chi connectivity index (χ0) is 12.5. The van der Waals surface area contributed by atoms with E-state index in [1.54, 1.807) is 0 Å². The monoisotopic (exact) mass is 236 g/mol. The molecule has 0 aliphatic carbocycles. The summed E-state index contributed by atoms with van der Waals surface area (Å²) in [4.78, 5) is 16.5. The molecule has 1 amide bonds. The molecule has 0 saturated carbocycles. The number of nitrogens with two attached hydrogens (primary N) is 1. The molecular formula is C13H20N2O2. The third kappa shape index (κ3) is 6.04. The van der Waals surface area contributed by atoms with Gasteiger partial charge in [-0.1, -0.05) is 37.3 Å². The molecule has 0 aliphatic rings. The number of hydroxylamine groups is 1. The maximum Gasteiger partial charge on any atom is 0.243 e. The number of benzene rings is 1. The Balaban J connectivity index is 2.12. The molecule has 0 fully saturated rings. The minimum Gasteiger partial charge on any atom is -0.330 e. The van der Waals surface area contributed by atoms with Crippen LogP contribution >= 0.6 is 0 Å². The summed E-state index contributed by atoms with van der Waals surface area (Å²) in [7, 11) is 0. The fourth-order valence-electron chi connectivity index (χ4n) is 1.32. The van der Waals surface area contributed by atoms with Crippen LogP contribution in [0.3, 0.4) is 0 Å². The van der Waals surface area contributed by atoms with E-state index in [4.69, 9.17) is 10.6 Å². The second-order valence-electron chi connectivity index (χ2n) is 4.18. The van der Waals surface area contributed by atoms with Crippen molar-refractivity contribution < 1.29 is 9.63 Å². The summed E-state index contributed by atoms with van der Waals surface area (Å²) in [6.45, 7) is 3.02. The Morgan fingerprint density at radius 1 is 1.41 bits per heavy atom. The van der Waals surface area contributed by atoms with Crippen LogP contribution in [-0.2, 0) is 16.2 Å². The van der Waals surface area contributed by atoms with E-state index in [2.05, 4.69) is 5.48 Å². The molecule has 17 heavy (non-hydrogen) atoms. The Labute approximate surface area is 102 Å². The number of nitrogens with one attached hydrogen (secondary N) is 1. The van der Waals surface area contributed by atoms with Gasteiger partial charge >= 0.3 is 0 Å². The summed E-state index contributed by atoms with van der Waals surface area (Å²) < 4.78 is 0. The van der Waals surface area contributed by atoms with Gasteiger partial charge in [-0.15, -0.1) is 0 Å². The molecular weight excluding hydrogens is 216 g/mol. The van der Waals surface area contributed by atoms with E-state index in [0.717, 1.165) is 12.0 Å². The van der Waals surface area contributed by atoms with Gasteiger partial charge < -0.3 is 5.73 Å². The normalized spacial score (nSPS) is 12.1. The molecule has 0 aromatic heterocycles. The van der Waals surface area contributed by atoms with Gasteiger partial charge in [-0.3, -0.25) is 9.63 Å². The van der Waals surface area contributed by atoms with Gasteiger partial charge in [-0.05, 0) is 24.4 Å². The van der Waals surface area contributed by atoms with Crippen molar-refractivity contribution in [3.63, 3.8) is 0 Å². The van der Waals surface area contributed by atoms with Crippen LogP contribution in [0.5, 0.6) is 0 Å². The highest BCUT2D eigenvalue weighted by Crippen LogP contribution is 2.03. The second kappa shape index (κ2) is 7.81. The lowest BCUT2D eigenvalue weighted by Gasteiger charge is -2.08. The van der Waals surface area contributed by atoms with Gasteiger partial charge in [0.1, 0.15) is 0 Å². The quantitative estimate of drug-likeness (QED) is 0.707. The molecule has 4 nitrogen and oxygen atoms in total. The third-order valence-corrected chi connectivity index (χ3v) is 2.53. The molecule has 1 aromatic carbocycles. The van der Waals surface area contributed by atoms with Crippen LogP contribution in [0.2, 0.25) is 0 Å². The van der Waals surface area contributed by atoms with E-state index in [0.29, 0.717) is 25.5 Å². The highest BCUT2D eigenvalue weighted by molar-refractivity contribution is 5.74. The molecule has 1 aromatic rings. The van der Waals surface area contributed by atoms with Crippen molar-refractivity contribution in [2.75, 3.05) is 6.54 Å². The lowest BCUT2D eigenvalue weighted by molar-refractivity contribution is -0.134. The highest BCUT2D eigenvalue weighted by Gasteiger charge is 2.05. The largest absolute Gasteiger partial charge is 0.330 e. The molecule has 0 heterocycles. The predicted octanol–water partition coefficient (Wildman–Crippen LogP) is 1.61. The van der Waals surface area contributed by atoms with Crippen molar-refractivity contribution >= 4 is 5.91 Å². The summed E-state index contributed by atoms with van der Waals surface area (Å²) in [5.74, 6) is 0.274. The third-order valence-electron chi connectivity index (χ3n) is 2.53. The van der Waals surface area contributed by atoms with Crippen molar-refractivity contribution in [2.24, 2.45) is 11.7 Å². The second-order valence-corrected chi connectivity index (χ2v) is 4.18. The molecule has 94 valence electrons. The first-order valence-corrected chi connectivity index (χ1v) is 5.87. The summed E-state index contributed by atoms with van der Waals surface area (Å²) in [5.41, 5.74) is 8.93. The molecule has 0 saturated heterocycles. The first-order valence-electron chi connectivity index (χ1n) is 5.87. The Morgan fingerprint density at radius 2 is 2.12 bits per heavy atom. The lowest BCUT2D eigenvalue weighted by atomic mass is 10.1. The Hall–Kier alpha value is -1.39. The number of carbonyl (C=O) groups excluding carboxylic acids is 1. The van der Waals surface area contributed by atoms with Crippen LogP contribution in [0, 0.1) is 5.92 Å². The number of carbonyl (C=O) groups is 1. The minimum atomic E-state index is -0.0961. The summed E-state index contributed by atoms with van der Waals surface area (Å²) in [5, 5.41) is 0. The Morgan fingerprint density at radius 3 is 2.76 bits per heavy atom. The van der Waals surface area contributed by atoms with E-state index in [9.17, 15) is 4.79 Å². The first kappa shape index (κ1) is 13.7. The van der Waals surface area contributed by atoms with E-state index in [1.807, 2.05) is 37.3 Å². The van der Waals surface area contributed by atoms with Crippen molar-refractivity contribution in [2.45, 2.75) is 26.4 Å². The average molecular weight is 236 g/mol. The maximum absolute atomic E-state index is 11.4. The fraction of sp³-hybridized carbons (Fsp3) is 0.462. The topological polar surface area (TPSA) is 64.4 Å². The Bertz CT molecular complexity index is 327. The summed E-state index contributed by atoms with van der Waals surface area (Å²) in [6, 6.07) is 9.70. The average Bonchev–Trinajstić information content (AvgIpc) is 2.37. The van der Waals surface area contributed by atoms with Gasteiger partial charge in [0.05, 0.1) is 6.61 Å². The maximum atomic E-state index is 11.4. The molecule has 4 heteroatoms. The van der Waals surface area contributed by atoms with Crippen LogP contribution in [0.1, 0.15) is 25.3 Å². The van der Waals surface area contributed by atoms with Gasteiger partial charge in [-0.2, -0.15) is 0 Å². The zero-order valence-corrected chi connectivity index (χ0v) is 10.2. The highest BCUT2D eigenvalue weighted by atomic mass is 16.6. The molecule has 0 bridgehead atoms. The molecule has 0 aliphatic heterocycles. The number of amides is 1. The van der Waals surface area contributed by atoms with E-state index in [1.165, 1.54) is 0 Å². The van der Waals surface area contributed by atoms with Gasteiger partial charge in [-0.25, -0.2) is 5.48 Å². The minimum absolute atomic E-state index is 0.0961. The van der Waals surface area contributed by atoms with Crippen molar-refractivity contribution in [3.05, 3.63) is 35.9 Å². The molecule has 1 rings (SSSR count). The Kier molecular flexibility index (Phi) is 6.29. The number of hydrogen-bond acceptors (Lipinski definition) is 3. The van der Waals surface area contributed by atoms with Crippen LogP contribution in [0.4, 0.5) is 0 Å². The van der Waals surface area contributed by atoms with Gasteiger partial charge in [0.2, 0.25) is 5.91 Å². The van der Waals surface area contributed by atoms with Gasteiger partial charge in [0, 0.05) is 6.42 Å². The van der Waals surface area contributed by atoms with Gasteiger partial charge in [0.15, 0.2) is 0 Å². The van der Waals surface area contributed by atoms with Crippen LogP contribution in [0.15, 0.2) is 30.3 Å². The standard InChI is InChI=1S/C13H20N2O2/c1-11(9-14)7-8-13(16)15-17-10-12-5-3-2-4-6-12/h2-6,11H,7-10,14H2,1H3,(H,15,16). The summed E-state index contributed by atoms with van der Waals surface area (Å²) >= 11 is 0. The SMILES string of the molecule is CC(CN)CCC(=O)NOCc1ccccc1. The fourth-order valence-corrected chi connectivity index (χ4v) is 1.32. The van der Waals surface area contributed by atoms with Crippen molar-refractivity contribution in [1.82, 2.24) is 5.48 Å². The molecule has 1 atom stereocenters. The molecule has 3 N–H and O–H groups in total. The van der Waals surface area contributed by atoms with Crippen LogP contribution in [-0.4, -0.2) is 12.5 Å². The first-order chi connectivity index (χ1) is 8.22. The van der Waals surface area contributed by atoms with Gasteiger partial charge in [0.25, 0.3) is 0 Å². The van der Waals surface area contributed by atoms with Crippen LogP contribution in [0.25, 0.3) is 0 Å². The molecule has 1 unspecified atom stereocenters. The lowest BCUT2D eigenvalue weighted by Crippen LogP contribution is -2.24. The van der Waals surface area contributed by atoms with Crippen LogP contribution < -0.4 is 11.2 Å². The van der Waals surface area contributed by atoms with E-state index >= 15 is 0 Å². The number of hydrogen-bond donors (Lipinski definition) is 2. The van der Waals surface area contributed by atoms with E-state index < -0.39 is 0 Å². The predicted molar refractivity (Wildman–Crippen MR) is 66.8 cm³/mol. The molecule has 0 radical (unpaired) electrons. The summed E-state index contributed by atoms with van der Waals surface area (Å²) in [6.07, 6.45) is 1.24. The zero-order valence-electron chi connectivity index (χ0n) is 10.2. The number of rotatable bonds is 7. The van der Waals surface area contributed by atoms with Crippen molar-refractivity contribution in [1.29, 1.82) is 0 Å². The smallest absolute Gasteiger partial charge is 0.243 e. The molecule has 0 spiro atoms.